The third kappa shape index (κ3) is 2.70. The van der Waals surface area contributed by atoms with Crippen LogP contribution >= 0.6 is 0 Å². The van der Waals surface area contributed by atoms with E-state index < -0.39 is 24.0 Å². The number of aliphatic hydroxyl groups excluding tert-OH is 1. The Bertz CT molecular complexity index is 779. The van der Waals surface area contributed by atoms with Crippen molar-refractivity contribution >= 4 is 22.8 Å². The number of hydrogen-bond acceptors (Lipinski definition) is 4. The number of aryl methyl sites for hydroxylation is 2. The number of piperidine rings is 1. The van der Waals surface area contributed by atoms with Crippen molar-refractivity contribution in [3.8, 4) is 0 Å². The van der Waals surface area contributed by atoms with Crippen molar-refractivity contribution in [1.29, 1.82) is 0 Å². The van der Waals surface area contributed by atoms with Gasteiger partial charge in [-0.15, -0.1) is 0 Å². The fraction of sp³-hybridized carbons (Fsp3) is 0.412. The number of aliphatic carboxylic acids is 1. The Kier molecular flexibility index (Phi) is 3.85. The van der Waals surface area contributed by atoms with Gasteiger partial charge >= 0.3 is 5.97 Å². The van der Waals surface area contributed by atoms with E-state index in [1.165, 1.54) is 4.90 Å². The van der Waals surface area contributed by atoms with Crippen molar-refractivity contribution in [3.05, 3.63) is 35.1 Å². The maximum Gasteiger partial charge on any atom is 0.326 e. The zero-order valence-electron chi connectivity index (χ0n) is 13.1. The summed E-state index contributed by atoms with van der Waals surface area (Å²) in [5, 5.41) is 19.9. The number of nitrogens with zero attached hydrogens (tertiary/aromatic N) is 1. The molecule has 1 aliphatic heterocycles. The molecular formula is C17H19NO5. The topological polar surface area (TPSA) is 91.0 Å². The van der Waals surface area contributed by atoms with Crippen molar-refractivity contribution in [1.82, 2.24) is 4.90 Å². The third-order valence-electron chi connectivity index (χ3n) is 4.41. The van der Waals surface area contributed by atoms with Gasteiger partial charge in [0.1, 0.15) is 11.6 Å². The quantitative estimate of drug-likeness (QED) is 0.885. The first kappa shape index (κ1) is 15.6. The van der Waals surface area contributed by atoms with Crippen molar-refractivity contribution in [3.63, 3.8) is 0 Å². The first-order valence-electron chi connectivity index (χ1n) is 7.60. The van der Waals surface area contributed by atoms with Crippen LogP contribution < -0.4 is 0 Å². The second kappa shape index (κ2) is 5.70. The zero-order chi connectivity index (χ0) is 16.7. The molecule has 2 aromatic rings. The minimum Gasteiger partial charge on any atom is -0.480 e. The van der Waals surface area contributed by atoms with Crippen molar-refractivity contribution in [2.75, 3.05) is 6.54 Å². The summed E-state index contributed by atoms with van der Waals surface area (Å²) in [5.41, 5.74) is 2.35. The Morgan fingerprint density at radius 2 is 2.04 bits per heavy atom. The molecule has 1 amide bonds. The standard InChI is InChI=1S/C17H19NO5/c1-9-3-4-12-10(2)15(23-14(12)7-9)16(20)18-6-5-11(19)8-13(18)17(21)22/h3-4,7,11,13,19H,5-6,8H2,1-2H3,(H,21,22)/t11-,13+/m1/s1. The maximum absolute atomic E-state index is 12.8. The molecule has 0 spiro atoms. The highest BCUT2D eigenvalue weighted by molar-refractivity contribution is 6.00. The molecule has 3 rings (SSSR count). The number of amides is 1. The molecule has 0 unspecified atom stereocenters. The van der Waals surface area contributed by atoms with Gasteiger partial charge in [-0.3, -0.25) is 4.79 Å². The van der Waals surface area contributed by atoms with E-state index in [1.54, 1.807) is 6.92 Å². The molecule has 0 radical (unpaired) electrons. The first-order valence-corrected chi connectivity index (χ1v) is 7.60. The molecule has 23 heavy (non-hydrogen) atoms. The number of carboxylic acid groups (broad SMARTS) is 1. The molecule has 0 saturated carbocycles. The Hall–Kier alpha value is -2.34. The molecule has 0 bridgehead atoms. The summed E-state index contributed by atoms with van der Waals surface area (Å²) in [5.74, 6) is -1.37. The summed E-state index contributed by atoms with van der Waals surface area (Å²) >= 11 is 0. The van der Waals surface area contributed by atoms with Crippen LogP contribution in [0.5, 0.6) is 0 Å². The van der Waals surface area contributed by atoms with Crippen LogP contribution in [0.2, 0.25) is 0 Å². The second-order valence-corrected chi connectivity index (χ2v) is 6.09. The van der Waals surface area contributed by atoms with Crippen LogP contribution in [-0.4, -0.2) is 45.7 Å². The maximum atomic E-state index is 12.8. The van der Waals surface area contributed by atoms with Gasteiger partial charge in [0.2, 0.25) is 0 Å². The minimum absolute atomic E-state index is 0.0411. The molecule has 0 aliphatic carbocycles. The fourth-order valence-electron chi connectivity index (χ4n) is 3.09. The Balaban J connectivity index is 1.99. The SMILES string of the molecule is Cc1ccc2c(C)c(C(=O)N3CC[C@@H](O)C[C@H]3C(=O)O)oc2c1. The monoisotopic (exact) mass is 317 g/mol. The highest BCUT2D eigenvalue weighted by Crippen LogP contribution is 2.29. The molecule has 1 aromatic carbocycles. The van der Waals surface area contributed by atoms with Crippen LogP contribution in [0, 0.1) is 13.8 Å². The van der Waals surface area contributed by atoms with Crippen molar-refractivity contribution < 1.29 is 24.2 Å². The average Bonchev–Trinajstić information content (AvgIpc) is 2.82. The van der Waals surface area contributed by atoms with E-state index in [0.717, 1.165) is 10.9 Å². The van der Waals surface area contributed by atoms with E-state index in [2.05, 4.69) is 0 Å². The number of furan rings is 1. The molecule has 1 saturated heterocycles. The first-order chi connectivity index (χ1) is 10.9. The van der Waals surface area contributed by atoms with Gasteiger partial charge in [-0.25, -0.2) is 4.79 Å². The number of likely N-dealkylation sites (tertiary alicyclic amines) is 1. The number of aliphatic hydroxyl groups is 1. The normalized spacial score (nSPS) is 21.6. The van der Waals surface area contributed by atoms with Crippen molar-refractivity contribution in [2.45, 2.75) is 38.8 Å². The number of carbonyl (C=O) groups excluding carboxylic acids is 1. The van der Waals surface area contributed by atoms with E-state index in [9.17, 15) is 19.8 Å². The molecule has 1 aliphatic rings. The number of rotatable bonds is 2. The summed E-state index contributed by atoms with van der Waals surface area (Å²) in [6, 6.07) is 4.67. The van der Waals surface area contributed by atoms with E-state index in [0.29, 0.717) is 17.6 Å². The van der Waals surface area contributed by atoms with Gasteiger partial charge in [0, 0.05) is 23.9 Å². The second-order valence-electron chi connectivity index (χ2n) is 6.09. The predicted octanol–water partition coefficient (Wildman–Crippen LogP) is 2.10. The summed E-state index contributed by atoms with van der Waals surface area (Å²) < 4.78 is 5.70. The summed E-state index contributed by atoms with van der Waals surface area (Å²) in [7, 11) is 0. The molecule has 1 aromatic heterocycles. The Labute approximate surface area is 133 Å². The van der Waals surface area contributed by atoms with Gasteiger partial charge in [-0.2, -0.15) is 0 Å². The molecule has 6 heteroatoms. The van der Waals surface area contributed by atoms with E-state index in [4.69, 9.17) is 4.42 Å². The smallest absolute Gasteiger partial charge is 0.326 e. The van der Waals surface area contributed by atoms with Gasteiger partial charge < -0.3 is 19.5 Å². The molecule has 2 N–H and O–H groups in total. The van der Waals surface area contributed by atoms with Crippen molar-refractivity contribution in [2.24, 2.45) is 0 Å². The molecule has 122 valence electrons. The zero-order valence-corrected chi connectivity index (χ0v) is 13.1. The van der Waals surface area contributed by atoms with Crippen LogP contribution in [0.3, 0.4) is 0 Å². The third-order valence-corrected chi connectivity index (χ3v) is 4.41. The molecule has 6 nitrogen and oxygen atoms in total. The number of benzene rings is 1. The largest absolute Gasteiger partial charge is 0.480 e. The molecule has 2 atom stereocenters. The lowest BCUT2D eigenvalue weighted by molar-refractivity contribution is -0.145. The van der Waals surface area contributed by atoms with E-state index >= 15 is 0 Å². The lowest BCUT2D eigenvalue weighted by atomic mass is 9.98. The van der Waals surface area contributed by atoms with Crippen LogP contribution in [0.25, 0.3) is 11.0 Å². The Morgan fingerprint density at radius 3 is 2.74 bits per heavy atom. The molecule has 2 heterocycles. The lowest BCUT2D eigenvalue weighted by Gasteiger charge is -2.34. The summed E-state index contributed by atoms with van der Waals surface area (Å²) in [4.78, 5) is 25.5. The van der Waals surface area contributed by atoms with Crippen LogP contribution in [-0.2, 0) is 4.79 Å². The van der Waals surface area contributed by atoms with Gasteiger partial charge in [-0.1, -0.05) is 12.1 Å². The average molecular weight is 317 g/mol. The van der Waals surface area contributed by atoms with Gasteiger partial charge in [0.25, 0.3) is 5.91 Å². The fourth-order valence-corrected chi connectivity index (χ4v) is 3.09. The summed E-state index contributed by atoms with van der Waals surface area (Å²) in [6.07, 6.45) is -0.285. The highest BCUT2D eigenvalue weighted by Gasteiger charge is 2.37. The van der Waals surface area contributed by atoms with E-state index in [-0.39, 0.29) is 18.7 Å². The van der Waals surface area contributed by atoms with E-state index in [1.807, 2.05) is 25.1 Å². The lowest BCUT2D eigenvalue weighted by Crippen LogP contribution is -2.51. The summed E-state index contributed by atoms with van der Waals surface area (Å²) in [6.45, 7) is 3.93. The van der Waals surface area contributed by atoms with Gasteiger partial charge in [0.15, 0.2) is 5.76 Å². The van der Waals surface area contributed by atoms with Gasteiger partial charge in [-0.05, 0) is 31.9 Å². The predicted molar refractivity (Wildman–Crippen MR) is 83.4 cm³/mol. The van der Waals surface area contributed by atoms with Crippen LogP contribution in [0.1, 0.15) is 34.5 Å². The highest BCUT2D eigenvalue weighted by atomic mass is 16.4. The van der Waals surface area contributed by atoms with Gasteiger partial charge in [0.05, 0.1) is 6.10 Å². The number of hydrogen-bond donors (Lipinski definition) is 2. The van der Waals surface area contributed by atoms with Crippen LogP contribution in [0.15, 0.2) is 22.6 Å². The number of fused-ring (bicyclic) bond motifs is 1. The van der Waals surface area contributed by atoms with Crippen LogP contribution in [0.4, 0.5) is 0 Å². The Morgan fingerprint density at radius 1 is 1.30 bits per heavy atom. The molecule has 1 fully saturated rings. The number of carbonyl (C=O) groups is 2. The number of carboxylic acids is 1. The minimum atomic E-state index is -1.11. The molecular weight excluding hydrogens is 298 g/mol.